The third-order valence-corrected chi connectivity index (χ3v) is 4.50. The maximum atomic E-state index is 11.0. The summed E-state index contributed by atoms with van der Waals surface area (Å²) in [6.07, 6.45) is 0.868. The Bertz CT molecular complexity index is 379. The van der Waals surface area contributed by atoms with E-state index in [0.29, 0.717) is 5.57 Å². The number of sulfone groups is 1. The van der Waals surface area contributed by atoms with E-state index in [1.54, 1.807) is 6.92 Å². The first-order valence-electron chi connectivity index (χ1n) is 3.42. The third kappa shape index (κ3) is 7.94. The van der Waals surface area contributed by atoms with Crippen LogP contribution in [0.5, 0.6) is 0 Å². The van der Waals surface area contributed by atoms with Crippen molar-refractivity contribution >= 4 is 19.9 Å². The summed E-state index contributed by atoms with van der Waals surface area (Å²) < 4.78 is 45.4. The Kier molecular flexibility index (Phi) is 4.08. The number of sulfonamides is 1. The van der Waals surface area contributed by atoms with Crippen molar-refractivity contribution in [2.24, 2.45) is 0 Å². The SMILES string of the molecule is C=C(C)CNS(=O)(=O)CS(C)(=O)=O. The Labute approximate surface area is 78.8 Å². The quantitative estimate of drug-likeness (QED) is 0.641. The lowest BCUT2D eigenvalue weighted by Gasteiger charge is -2.04. The second-order valence-corrected chi connectivity index (χ2v) is 7.25. The molecule has 7 heteroatoms. The van der Waals surface area contributed by atoms with E-state index in [2.05, 4.69) is 11.3 Å². The minimum atomic E-state index is -3.73. The van der Waals surface area contributed by atoms with Gasteiger partial charge in [0.1, 0.15) is 0 Å². The first-order chi connectivity index (χ1) is 5.62. The van der Waals surface area contributed by atoms with Gasteiger partial charge in [0.2, 0.25) is 10.0 Å². The van der Waals surface area contributed by atoms with Gasteiger partial charge in [-0.2, -0.15) is 0 Å². The van der Waals surface area contributed by atoms with Crippen molar-refractivity contribution in [2.45, 2.75) is 6.92 Å². The standard InChI is InChI=1S/C6H13NO4S2/c1-6(2)4-7-13(10,11)5-12(3,8)9/h7H,1,4-5H2,2-3H3. The monoisotopic (exact) mass is 227 g/mol. The lowest BCUT2D eigenvalue weighted by Crippen LogP contribution is -2.30. The van der Waals surface area contributed by atoms with E-state index in [1.165, 1.54) is 0 Å². The molecule has 0 aromatic rings. The summed E-state index contributed by atoms with van der Waals surface area (Å²) >= 11 is 0. The maximum Gasteiger partial charge on any atom is 0.226 e. The second-order valence-electron chi connectivity index (χ2n) is 2.94. The van der Waals surface area contributed by atoms with Crippen molar-refractivity contribution < 1.29 is 16.8 Å². The van der Waals surface area contributed by atoms with Crippen LogP contribution in [-0.2, 0) is 19.9 Å². The van der Waals surface area contributed by atoms with Crippen LogP contribution in [0.1, 0.15) is 6.92 Å². The van der Waals surface area contributed by atoms with E-state index in [-0.39, 0.29) is 6.54 Å². The van der Waals surface area contributed by atoms with E-state index >= 15 is 0 Å². The maximum absolute atomic E-state index is 11.0. The molecule has 78 valence electrons. The smallest absolute Gasteiger partial charge is 0.226 e. The first kappa shape index (κ1) is 12.6. The van der Waals surface area contributed by atoms with Gasteiger partial charge in [-0.15, -0.1) is 0 Å². The second kappa shape index (κ2) is 4.21. The molecular formula is C6H13NO4S2. The largest absolute Gasteiger partial charge is 0.228 e. The molecule has 0 spiro atoms. The van der Waals surface area contributed by atoms with E-state index < -0.39 is 24.9 Å². The zero-order valence-corrected chi connectivity index (χ0v) is 9.20. The van der Waals surface area contributed by atoms with Gasteiger partial charge in [-0.05, 0) is 6.92 Å². The van der Waals surface area contributed by atoms with E-state index in [1.807, 2.05) is 0 Å². The predicted molar refractivity (Wildman–Crippen MR) is 51.4 cm³/mol. The minimum absolute atomic E-state index is 0.0673. The average Bonchev–Trinajstić information content (AvgIpc) is 1.78. The third-order valence-electron chi connectivity index (χ3n) is 0.963. The van der Waals surface area contributed by atoms with Crippen molar-refractivity contribution in [1.82, 2.24) is 4.72 Å². The lowest BCUT2D eigenvalue weighted by atomic mass is 10.4. The van der Waals surface area contributed by atoms with Crippen LogP contribution in [0.2, 0.25) is 0 Å². The normalized spacial score (nSPS) is 12.8. The highest BCUT2D eigenvalue weighted by molar-refractivity contribution is 8.06. The molecular weight excluding hydrogens is 214 g/mol. The summed E-state index contributed by atoms with van der Waals surface area (Å²) in [5.74, 6) is 0. The zero-order valence-electron chi connectivity index (χ0n) is 7.57. The fourth-order valence-corrected chi connectivity index (χ4v) is 3.61. The number of hydrogen-bond donors (Lipinski definition) is 1. The van der Waals surface area contributed by atoms with Gasteiger partial charge >= 0.3 is 0 Å². The topological polar surface area (TPSA) is 80.3 Å². The van der Waals surface area contributed by atoms with Crippen molar-refractivity contribution in [3.63, 3.8) is 0 Å². The highest BCUT2D eigenvalue weighted by Gasteiger charge is 2.16. The van der Waals surface area contributed by atoms with Crippen LogP contribution < -0.4 is 4.72 Å². The molecule has 0 aromatic heterocycles. The number of nitrogens with one attached hydrogen (secondary N) is 1. The summed E-state index contributed by atoms with van der Waals surface area (Å²) in [5.41, 5.74) is 0.622. The van der Waals surface area contributed by atoms with E-state index in [9.17, 15) is 16.8 Å². The van der Waals surface area contributed by atoms with Crippen molar-refractivity contribution in [3.8, 4) is 0 Å². The summed E-state index contributed by atoms with van der Waals surface area (Å²) in [7, 11) is -7.24. The Morgan fingerprint density at radius 1 is 1.31 bits per heavy atom. The molecule has 0 atom stereocenters. The van der Waals surface area contributed by atoms with E-state index in [0.717, 1.165) is 6.26 Å². The number of hydrogen-bond acceptors (Lipinski definition) is 4. The van der Waals surface area contributed by atoms with E-state index in [4.69, 9.17) is 0 Å². The molecule has 0 fully saturated rings. The molecule has 0 unspecified atom stereocenters. The Balaban J connectivity index is 4.36. The first-order valence-corrected chi connectivity index (χ1v) is 7.13. The molecule has 0 heterocycles. The molecule has 5 nitrogen and oxygen atoms in total. The fourth-order valence-electron chi connectivity index (χ4n) is 0.557. The molecule has 0 amide bonds. The van der Waals surface area contributed by atoms with Crippen LogP contribution in [-0.4, -0.2) is 34.7 Å². The fraction of sp³-hybridized carbons (Fsp3) is 0.667. The Morgan fingerprint density at radius 3 is 2.08 bits per heavy atom. The predicted octanol–water partition coefficient (Wildman–Crippen LogP) is -0.516. The highest BCUT2D eigenvalue weighted by Crippen LogP contribution is 1.93. The zero-order chi connectivity index (χ0) is 10.7. The molecule has 1 N–H and O–H groups in total. The molecule has 0 aliphatic rings. The van der Waals surface area contributed by atoms with Crippen molar-refractivity contribution in [1.29, 1.82) is 0 Å². The molecule has 13 heavy (non-hydrogen) atoms. The van der Waals surface area contributed by atoms with Crippen LogP contribution in [0.15, 0.2) is 12.2 Å². The summed E-state index contributed by atoms with van der Waals surface area (Å²) in [4.78, 5) is 0. The van der Waals surface area contributed by atoms with Crippen molar-refractivity contribution in [3.05, 3.63) is 12.2 Å². The van der Waals surface area contributed by atoms with Gasteiger partial charge in [0.15, 0.2) is 14.9 Å². The van der Waals surface area contributed by atoms with Crippen LogP contribution in [0.4, 0.5) is 0 Å². The Hall–Kier alpha value is -0.400. The molecule has 0 saturated carbocycles. The minimum Gasteiger partial charge on any atom is -0.228 e. The van der Waals surface area contributed by atoms with Gasteiger partial charge in [0.25, 0.3) is 0 Å². The summed E-state index contributed by atoms with van der Waals surface area (Å²) in [5, 5.41) is -0.882. The molecule has 0 aliphatic heterocycles. The van der Waals surface area contributed by atoms with Gasteiger partial charge < -0.3 is 0 Å². The van der Waals surface area contributed by atoms with Crippen LogP contribution in [0.3, 0.4) is 0 Å². The molecule has 0 aliphatic carbocycles. The molecule has 0 bridgehead atoms. The van der Waals surface area contributed by atoms with Crippen LogP contribution >= 0.6 is 0 Å². The number of rotatable bonds is 5. The van der Waals surface area contributed by atoms with Gasteiger partial charge in [-0.25, -0.2) is 21.6 Å². The van der Waals surface area contributed by atoms with Gasteiger partial charge in [0, 0.05) is 12.8 Å². The molecule has 0 radical (unpaired) electrons. The van der Waals surface area contributed by atoms with Gasteiger partial charge in [-0.1, -0.05) is 12.2 Å². The molecule has 0 aromatic carbocycles. The average molecular weight is 227 g/mol. The summed E-state index contributed by atoms with van der Waals surface area (Å²) in [6, 6.07) is 0. The Morgan fingerprint density at radius 2 is 1.77 bits per heavy atom. The summed E-state index contributed by atoms with van der Waals surface area (Å²) in [6.45, 7) is 5.19. The highest BCUT2D eigenvalue weighted by atomic mass is 32.3. The molecule has 0 saturated heterocycles. The van der Waals surface area contributed by atoms with Crippen molar-refractivity contribution in [2.75, 3.05) is 17.9 Å². The van der Waals surface area contributed by atoms with Gasteiger partial charge in [-0.3, -0.25) is 0 Å². The van der Waals surface area contributed by atoms with Gasteiger partial charge in [0.05, 0.1) is 0 Å². The van der Waals surface area contributed by atoms with Crippen LogP contribution in [0, 0.1) is 0 Å². The van der Waals surface area contributed by atoms with Crippen LogP contribution in [0.25, 0.3) is 0 Å². The molecule has 0 rings (SSSR count). The lowest BCUT2D eigenvalue weighted by molar-refractivity contribution is 0.583.